The molecule has 0 spiro atoms. The van der Waals surface area contributed by atoms with E-state index in [-0.39, 0.29) is 18.4 Å². The second kappa shape index (κ2) is 12.3. The minimum Gasteiger partial charge on any atom is -0.484 e. The van der Waals surface area contributed by atoms with Crippen LogP contribution in [0.5, 0.6) is 5.75 Å². The Labute approximate surface area is 204 Å². The standard InChI is InChI=1S/C25H32BrClN2O3/c1-6-22(25(31)28-13-16(2)3)29(14-19-7-9-20(27)10-8-19)23(30)15-32-21-11-17(4)24(26)18(5)12-21/h7-12,16,22H,6,13-15H2,1-5H3,(H,28,31)/t22-/m1/s1. The summed E-state index contributed by atoms with van der Waals surface area (Å²) < 4.78 is 6.85. The fourth-order valence-electron chi connectivity index (χ4n) is 3.35. The van der Waals surface area contributed by atoms with Crippen LogP contribution >= 0.6 is 27.5 Å². The molecule has 1 N–H and O–H groups in total. The van der Waals surface area contributed by atoms with Crippen LogP contribution in [0.4, 0.5) is 0 Å². The lowest BCUT2D eigenvalue weighted by atomic mass is 10.1. The second-order valence-electron chi connectivity index (χ2n) is 8.37. The molecule has 2 aromatic rings. The highest BCUT2D eigenvalue weighted by molar-refractivity contribution is 9.10. The molecular formula is C25H32BrClN2O3. The normalized spacial score (nSPS) is 11.9. The van der Waals surface area contributed by atoms with Gasteiger partial charge in [-0.3, -0.25) is 9.59 Å². The van der Waals surface area contributed by atoms with Gasteiger partial charge in [-0.1, -0.05) is 60.4 Å². The Bertz CT molecular complexity index is 908. The van der Waals surface area contributed by atoms with E-state index in [0.29, 0.717) is 36.2 Å². The monoisotopic (exact) mass is 522 g/mol. The quantitative estimate of drug-likeness (QED) is 0.436. The number of ether oxygens (including phenoxy) is 1. The van der Waals surface area contributed by atoms with Crippen LogP contribution in [0.2, 0.25) is 5.02 Å². The molecule has 2 aromatic carbocycles. The van der Waals surface area contributed by atoms with Gasteiger partial charge in [0.25, 0.3) is 5.91 Å². The summed E-state index contributed by atoms with van der Waals surface area (Å²) in [4.78, 5) is 27.7. The highest BCUT2D eigenvalue weighted by Gasteiger charge is 2.29. The maximum absolute atomic E-state index is 13.3. The molecule has 0 fully saturated rings. The molecule has 0 unspecified atom stereocenters. The molecule has 1 atom stereocenters. The maximum atomic E-state index is 13.3. The van der Waals surface area contributed by atoms with E-state index in [9.17, 15) is 9.59 Å². The molecule has 2 rings (SSSR count). The zero-order valence-electron chi connectivity index (χ0n) is 19.4. The summed E-state index contributed by atoms with van der Waals surface area (Å²) in [6.45, 7) is 10.6. The Balaban J connectivity index is 2.22. The number of hydrogen-bond acceptors (Lipinski definition) is 3. The molecule has 5 nitrogen and oxygen atoms in total. The fourth-order valence-corrected chi connectivity index (χ4v) is 3.70. The SMILES string of the molecule is CC[C@H](C(=O)NCC(C)C)N(Cc1ccc(Cl)cc1)C(=O)COc1cc(C)c(Br)c(C)c1. The number of rotatable bonds is 10. The molecular weight excluding hydrogens is 492 g/mol. The number of carbonyl (C=O) groups excluding carboxylic acids is 2. The smallest absolute Gasteiger partial charge is 0.261 e. The average molecular weight is 524 g/mol. The van der Waals surface area contributed by atoms with Gasteiger partial charge in [0, 0.05) is 22.6 Å². The van der Waals surface area contributed by atoms with Crippen molar-refractivity contribution < 1.29 is 14.3 Å². The first-order valence-corrected chi connectivity index (χ1v) is 12.0. The summed E-state index contributed by atoms with van der Waals surface area (Å²) in [7, 11) is 0. The number of hydrogen-bond donors (Lipinski definition) is 1. The molecule has 0 aromatic heterocycles. The third-order valence-corrected chi connectivity index (χ3v) is 6.61. The Morgan fingerprint density at radius 1 is 1.12 bits per heavy atom. The summed E-state index contributed by atoms with van der Waals surface area (Å²) >= 11 is 9.55. The molecule has 0 aliphatic carbocycles. The van der Waals surface area contributed by atoms with Crippen LogP contribution in [0.1, 0.15) is 43.9 Å². The zero-order valence-corrected chi connectivity index (χ0v) is 21.7. The highest BCUT2D eigenvalue weighted by atomic mass is 79.9. The average Bonchev–Trinajstić information content (AvgIpc) is 2.75. The third kappa shape index (κ3) is 7.52. The third-order valence-electron chi connectivity index (χ3n) is 5.11. The number of aryl methyl sites for hydroxylation is 2. The number of benzene rings is 2. The van der Waals surface area contributed by atoms with Gasteiger partial charge in [0.2, 0.25) is 5.91 Å². The van der Waals surface area contributed by atoms with E-state index < -0.39 is 6.04 Å². The van der Waals surface area contributed by atoms with Crippen LogP contribution in [-0.4, -0.2) is 35.9 Å². The van der Waals surface area contributed by atoms with Crippen molar-refractivity contribution in [2.24, 2.45) is 5.92 Å². The number of nitrogens with zero attached hydrogens (tertiary/aromatic N) is 1. The molecule has 0 radical (unpaired) electrons. The first-order valence-electron chi connectivity index (χ1n) is 10.8. The lowest BCUT2D eigenvalue weighted by molar-refractivity contribution is -0.143. The van der Waals surface area contributed by atoms with Gasteiger partial charge in [0.15, 0.2) is 6.61 Å². The van der Waals surface area contributed by atoms with Crippen molar-refractivity contribution in [2.75, 3.05) is 13.2 Å². The van der Waals surface area contributed by atoms with Crippen molar-refractivity contribution in [3.8, 4) is 5.75 Å². The summed E-state index contributed by atoms with van der Waals surface area (Å²) in [5.41, 5.74) is 2.96. The molecule has 0 saturated carbocycles. The van der Waals surface area contributed by atoms with Crippen molar-refractivity contribution in [3.63, 3.8) is 0 Å². The molecule has 0 aliphatic rings. The van der Waals surface area contributed by atoms with E-state index in [1.54, 1.807) is 17.0 Å². The summed E-state index contributed by atoms with van der Waals surface area (Å²) in [5.74, 6) is 0.549. The Morgan fingerprint density at radius 3 is 2.25 bits per heavy atom. The minimum atomic E-state index is -0.589. The van der Waals surface area contributed by atoms with Crippen LogP contribution in [0, 0.1) is 19.8 Å². The summed E-state index contributed by atoms with van der Waals surface area (Å²) in [5, 5.41) is 3.58. The maximum Gasteiger partial charge on any atom is 0.261 e. The van der Waals surface area contributed by atoms with E-state index in [4.69, 9.17) is 16.3 Å². The summed E-state index contributed by atoms with van der Waals surface area (Å²) in [6.07, 6.45) is 0.500. The first-order chi connectivity index (χ1) is 15.1. The van der Waals surface area contributed by atoms with E-state index in [1.807, 2.05) is 58.9 Å². The second-order valence-corrected chi connectivity index (χ2v) is 9.60. The topological polar surface area (TPSA) is 58.6 Å². The van der Waals surface area contributed by atoms with E-state index in [0.717, 1.165) is 21.2 Å². The lowest BCUT2D eigenvalue weighted by Crippen LogP contribution is -2.50. The van der Waals surface area contributed by atoms with Crippen molar-refractivity contribution >= 4 is 39.3 Å². The molecule has 32 heavy (non-hydrogen) atoms. The van der Waals surface area contributed by atoms with Gasteiger partial charge in [-0.2, -0.15) is 0 Å². The number of nitrogens with one attached hydrogen (secondary N) is 1. The van der Waals surface area contributed by atoms with E-state index in [2.05, 4.69) is 21.2 Å². The van der Waals surface area contributed by atoms with Crippen LogP contribution < -0.4 is 10.1 Å². The Kier molecular flexibility index (Phi) is 10.0. The molecule has 0 aliphatic heterocycles. The molecule has 0 bridgehead atoms. The Hall–Kier alpha value is -2.05. The predicted octanol–water partition coefficient (Wildman–Crippen LogP) is 5.68. The predicted molar refractivity (Wildman–Crippen MR) is 133 cm³/mol. The molecule has 7 heteroatoms. The van der Waals surface area contributed by atoms with E-state index >= 15 is 0 Å². The minimum absolute atomic E-state index is 0.151. The van der Waals surface area contributed by atoms with Gasteiger partial charge in [-0.25, -0.2) is 0 Å². The van der Waals surface area contributed by atoms with Crippen LogP contribution in [-0.2, 0) is 16.1 Å². The number of amides is 2. The van der Waals surface area contributed by atoms with Gasteiger partial charge < -0.3 is 15.0 Å². The fraction of sp³-hybridized carbons (Fsp3) is 0.440. The van der Waals surface area contributed by atoms with Gasteiger partial charge in [-0.05, 0) is 67.1 Å². The van der Waals surface area contributed by atoms with Crippen molar-refractivity contribution in [3.05, 3.63) is 62.6 Å². The van der Waals surface area contributed by atoms with E-state index in [1.165, 1.54) is 0 Å². The van der Waals surface area contributed by atoms with Gasteiger partial charge in [0.05, 0.1) is 0 Å². The highest BCUT2D eigenvalue weighted by Crippen LogP contribution is 2.26. The molecule has 0 saturated heterocycles. The van der Waals surface area contributed by atoms with Gasteiger partial charge in [-0.15, -0.1) is 0 Å². The van der Waals surface area contributed by atoms with Crippen LogP contribution in [0.3, 0.4) is 0 Å². The van der Waals surface area contributed by atoms with Crippen molar-refractivity contribution in [1.29, 1.82) is 0 Å². The molecule has 0 heterocycles. The van der Waals surface area contributed by atoms with Crippen molar-refractivity contribution in [2.45, 2.75) is 53.6 Å². The van der Waals surface area contributed by atoms with Gasteiger partial charge in [0.1, 0.15) is 11.8 Å². The Morgan fingerprint density at radius 2 is 1.72 bits per heavy atom. The number of halogens is 2. The lowest BCUT2D eigenvalue weighted by Gasteiger charge is -2.31. The van der Waals surface area contributed by atoms with Crippen LogP contribution in [0.15, 0.2) is 40.9 Å². The molecule has 2 amide bonds. The largest absolute Gasteiger partial charge is 0.484 e. The summed E-state index contributed by atoms with van der Waals surface area (Å²) in [6, 6.07) is 10.5. The van der Waals surface area contributed by atoms with Crippen LogP contribution in [0.25, 0.3) is 0 Å². The number of carbonyl (C=O) groups is 2. The van der Waals surface area contributed by atoms with Gasteiger partial charge >= 0.3 is 0 Å². The van der Waals surface area contributed by atoms with Crippen molar-refractivity contribution in [1.82, 2.24) is 10.2 Å². The first kappa shape index (κ1) is 26.2. The zero-order chi connectivity index (χ0) is 23.8. The molecule has 174 valence electrons.